The van der Waals surface area contributed by atoms with Gasteiger partial charge in [0.2, 0.25) is 5.78 Å². The van der Waals surface area contributed by atoms with Crippen molar-refractivity contribution in [3.8, 4) is 0 Å². The quantitative estimate of drug-likeness (QED) is 0.776. The summed E-state index contributed by atoms with van der Waals surface area (Å²) in [5.41, 5.74) is 4.59. The van der Waals surface area contributed by atoms with E-state index in [9.17, 15) is 4.79 Å². The number of ether oxygens (including phenoxy) is 2. The first-order valence-corrected chi connectivity index (χ1v) is 7.50. The molecule has 3 heteroatoms. The molecule has 0 atom stereocenters. The van der Waals surface area contributed by atoms with E-state index in [-0.39, 0.29) is 5.78 Å². The van der Waals surface area contributed by atoms with Gasteiger partial charge in [-0.25, -0.2) is 0 Å². The number of carbonyl (C=O) groups excluding carboxylic acids is 1. The van der Waals surface area contributed by atoms with Crippen LogP contribution >= 0.6 is 0 Å². The molecule has 0 aromatic heterocycles. The second-order valence-electron chi connectivity index (χ2n) is 5.52. The average molecular weight is 296 g/mol. The van der Waals surface area contributed by atoms with Crippen LogP contribution < -0.4 is 0 Å². The van der Waals surface area contributed by atoms with Gasteiger partial charge in [-0.05, 0) is 36.0 Å². The molecule has 22 heavy (non-hydrogen) atoms. The third-order valence-electron chi connectivity index (χ3n) is 4.49. The third-order valence-corrected chi connectivity index (χ3v) is 4.49. The van der Waals surface area contributed by atoms with Crippen LogP contribution in [0.2, 0.25) is 0 Å². The summed E-state index contributed by atoms with van der Waals surface area (Å²) >= 11 is 0. The molecule has 1 aromatic rings. The molecule has 3 nitrogen and oxygen atoms in total. The predicted molar refractivity (Wildman–Crippen MR) is 87.1 cm³/mol. The maximum atomic E-state index is 12.8. The van der Waals surface area contributed by atoms with E-state index in [1.54, 1.807) is 6.08 Å². The molecule has 114 valence electrons. The lowest BCUT2D eigenvalue weighted by Gasteiger charge is -2.42. The van der Waals surface area contributed by atoms with Crippen molar-refractivity contribution in [2.24, 2.45) is 0 Å². The molecular formula is C19H20O3. The first-order chi connectivity index (χ1) is 10.7. The zero-order valence-corrected chi connectivity index (χ0v) is 13.0. The van der Waals surface area contributed by atoms with Crippen LogP contribution in [0.1, 0.15) is 30.4 Å². The Morgan fingerprint density at radius 2 is 1.95 bits per heavy atom. The Morgan fingerprint density at radius 3 is 2.55 bits per heavy atom. The highest BCUT2D eigenvalue weighted by molar-refractivity contribution is 6.35. The summed E-state index contributed by atoms with van der Waals surface area (Å²) in [5.74, 6) is -1.37. The first-order valence-electron chi connectivity index (χ1n) is 7.50. The summed E-state index contributed by atoms with van der Waals surface area (Å²) in [7, 11) is 3.04. The summed E-state index contributed by atoms with van der Waals surface area (Å²) < 4.78 is 11.0. The number of Topliss-reactive ketones (excluding diaryl/α,β-unsaturated/α-hetero) is 1. The van der Waals surface area contributed by atoms with E-state index in [1.807, 2.05) is 24.3 Å². The van der Waals surface area contributed by atoms with E-state index in [1.165, 1.54) is 14.2 Å². The van der Waals surface area contributed by atoms with Gasteiger partial charge in [0.25, 0.3) is 5.79 Å². The van der Waals surface area contributed by atoms with E-state index in [2.05, 4.69) is 12.7 Å². The fraction of sp³-hybridized carbons (Fsp3) is 0.316. The van der Waals surface area contributed by atoms with Crippen molar-refractivity contribution in [3.05, 3.63) is 59.2 Å². The number of allylic oxidation sites excluding steroid dienone is 1. The van der Waals surface area contributed by atoms with Gasteiger partial charge in [-0.15, -0.1) is 0 Å². The van der Waals surface area contributed by atoms with E-state index < -0.39 is 5.79 Å². The van der Waals surface area contributed by atoms with Gasteiger partial charge in [-0.2, -0.15) is 0 Å². The Labute approximate surface area is 130 Å². The summed E-state index contributed by atoms with van der Waals surface area (Å²) in [6.45, 7) is 3.85. The van der Waals surface area contributed by atoms with Crippen molar-refractivity contribution in [1.29, 1.82) is 0 Å². The number of ketones is 1. The first kappa shape index (κ1) is 14.9. The van der Waals surface area contributed by atoms with Gasteiger partial charge >= 0.3 is 0 Å². The topological polar surface area (TPSA) is 35.5 Å². The monoisotopic (exact) mass is 296 g/mol. The van der Waals surface area contributed by atoms with Crippen LogP contribution in [-0.4, -0.2) is 25.8 Å². The number of hydrogen-bond acceptors (Lipinski definition) is 3. The van der Waals surface area contributed by atoms with Crippen LogP contribution in [0.15, 0.2) is 48.1 Å². The van der Waals surface area contributed by atoms with Gasteiger partial charge in [0, 0.05) is 25.4 Å². The maximum absolute atomic E-state index is 12.8. The molecule has 3 rings (SSSR count). The van der Waals surface area contributed by atoms with E-state index in [4.69, 9.17) is 9.47 Å². The minimum absolute atomic E-state index is 0.116. The van der Waals surface area contributed by atoms with Crippen molar-refractivity contribution in [1.82, 2.24) is 0 Å². The molecule has 0 unspecified atom stereocenters. The molecule has 0 aliphatic heterocycles. The molecule has 0 radical (unpaired) electrons. The van der Waals surface area contributed by atoms with E-state index >= 15 is 0 Å². The van der Waals surface area contributed by atoms with Gasteiger partial charge < -0.3 is 9.47 Å². The van der Waals surface area contributed by atoms with Crippen LogP contribution in [0.4, 0.5) is 0 Å². The zero-order chi connectivity index (χ0) is 15.7. The molecule has 0 saturated heterocycles. The minimum atomic E-state index is -1.25. The molecular weight excluding hydrogens is 276 g/mol. The number of methoxy groups -OCH3 is 2. The largest absolute Gasteiger partial charge is 0.343 e. The highest BCUT2D eigenvalue weighted by atomic mass is 16.7. The molecule has 0 bridgehead atoms. The SMILES string of the molecule is C=Cc1ccccc1C1=C(C2=CCCC2)C(OC)(OC)C1=O. The van der Waals surface area contributed by atoms with Crippen molar-refractivity contribution < 1.29 is 14.3 Å². The number of rotatable bonds is 5. The molecule has 2 aliphatic rings. The van der Waals surface area contributed by atoms with Crippen molar-refractivity contribution in [3.63, 3.8) is 0 Å². The highest BCUT2D eigenvalue weighted by Crippen LogP contribution is 2.50. The Balaban J connectivity index is 2.23. The molecule has 2 aliphatic carbocycles. The summed E-state index contributed by atoms with van der Waals surface area (Å²) in [5, 5.41) is 0. The second kappa shape index (κ2) is 5.67. The third kappa shape index (κ3) is 1.93. The van der Waals surface area contributed by atoms with E-state index in [0.717, 1.165) is 41.5 Å². The average Bonchev–Trinajstić information content (AvgIpc) is 3.07. The fourth-order valence-electron chi connectivity index (χ4n) is 3.40. The number of carbonyl (C=O) groups is 1. The number of benzene rings is 1. The second-order valence-corrected chi connectivity index (χ2v) is 5.52. The van der Waals surface area contributed by atoms with Crippen LogP contribution in [-0.2, 0) is 14.3 Å². The maximum Gasteiger partial charge on any atom is 0.261 e. The van der Waals surface area contributed by atoms with Crippen LogP contribution in [0.5, 0.6) is 0 Å². The zero-order valence-electron chi connectivity index (χ0n) is 13.0. The van der Waals surface area contributed by atoms with Gasteiger partial charge in [-0.1, -0.05) is 43.0 Å². The Bertz CT molecular complexity index is 690. The molecule has 0 N–H and O–H groups in total. The highest BCUT2D eigenvalue weighted by Gasteiger charge is 2.57. The molecule has 0 heterocycles. The van der Waals surface area contributed by atoms with Gasteiger partial charge in [0.05, 0.1) is 0 Å². The van der Waals surface area contributed by atoms with Gasteiger partial charge in [0.1, 0.15) is 0 Å². The van der Waals surface area contributed by atoms with Crippen LogP contribution in [0.25, 0.3) is 11.6 Å². The lowest BCUT2D eigenvalue weighted by molar-refractivity contribution is -0.190. The molecule has 1 aromatic carbocycles. The number of hydrogen-bond donors (Lipinski definition) is 0. The van der Waals surface area contributed by atoms with Crippen molar-refractivity contribution in [2.75, 3.05) is 14.2 Å². The molecule has 0 saturated carbocycles. The fourth-order valence-corrected chi connectivity index (χ4v) is 3.40. The standard InChI is InChI=1S/C19H20O3/c1-4-13-9-7-8-12-15(13)16-17(14-10-5-6-11-14)19(21-2,22-3)18(16)20/h4,7-10,12H,1,5-6,11H2,2-3H3. The van der Waals surface area contributed by atoms with Crippen LogP contribution in [0, 0.1) is 0 Å². The van der Waals surface area contributed by atoms with Gasteiger partial charge in [-0.3, -0.25) is 4.79 Å². The smallest absolute Gasteiger partial charge is 0.261 e. The summed E-state index contributed by atoms with van der Waals surface area (Å²) in [6, 6.07) is 7.79. The van der Waals surface area contributed by atoms with Crippen molar-refractivity contribution >= 4 is 17.4 Å². The Morgan fingerprint density at radius 1 is 1.23 bits per heavy atom. The lowest BCUT2D eigenvalue weighted by atomic mass is 9.72. The van der Waals surface area contributed by atoms with Crippen molar-refractivity contribution in [2.45, 2.75) is 25.0 Å². The predicted octanol–water partition coefficient (Wildman–Crippen LogP) is 3.77. The lowest BCUT2D eigenvalue weighted by Crippen LogP contribution is -2.53. The molecule has 0 amide bonds. The Hall–Kier alpha value is -1.97. The molecule has 0 fully saturated rings. The summed E-state index contributed by atoms with van der Waals surface area (Å²) in [6.07, 6.45) is 7.05. The van der Waals surface area contributed by atoms with E-state index in [0.29, 0.717) is 5.57 Å². The molecule has 0 spiro atoms. The van der Waals surface area contributed by atoms with Gasteiger partial charge in [0.15, 0.2) is 0 Å². The minimum Gasteiger partial charge on any atom is -0.343 e. The normalized spacial score (nSPS) is 19.9. The Kier molecular flexibility index (Phi) is 3.85. The van der Waals surface area contributed by atoms with Crippen LogP contribution in [0.3, 0.4) is 0 Å². The summed E-state index contributed by atoms with van der Waals surface area (Å²) in [4.78, 5) is 12.8.